The summed E-state index contributed by atoms with van der Waals surface area (Å²) in [5, 5.41) is 4.45. The molecule has 0 saturated carbocycles. The van der Waals surface area contributed by atoms with Crippen molar-refractivity contribution in [1.29, 1.82) is 0 Å². The number of halogens is 1. The van der Waals surface area contributed by atoms with Crippen molar-refractivity contribution < 1.29 is 14.0 Å². The molecule has 1 saturated heterocycles. The van der Waals surface area contributed by atoms with Gasteiger partial charge in [-0.15, -0.1) is 0 Å². The van der Waals surface area contributed by atoms with Crippen LogP contribution in [0.15, 0.2) is 84.0 Å². The first-order chi connectivity index (χ1) is 17.6. The highest BCUT2D eigenvalue weighted by atomic mass is 19.1. The molecule has 0 bridgehead atoms. The molecule has 0 unspecified atom stereocenters. The maximum Gasteiger partial charge on any atom is 0.256 e. The topological polar surface area (TPSA) is 65.0 Å². The van der Waals surface area contributed by atoms with E-state index in [1.54, 1.807) is 34.1 Å². The van der Waals surface area contributed by atoms with E-state index in [0.29, 0.717) is 39.1 Å². The van der Waals surface area contributed by atoms with E-state index in [2.05, 4.69) is 16.6 Å². The second-order valence-corrected chi connectivity index (χ2v) is 8.90. The highest BCUT2D eigenvalue weighted by Crippen LogP contribution is 2.20. The molecule has 182 valence electrons. The number of hydrogen-bond donors (Lipinski definition) is 1. The molecule has 6 nitrogen and oxygen atoms in total. The molecule has 0 radical (unpaired) electrons. The average Bonchev–Trinajstić information content (AvgIpc) is 2.93. The Hall–Kier alpha value is -4.26. The van der Waals surface area contributed by atoms with Gasteiger partial charge < -0.3 is 15.2 Å². The standard InChI is InChI=1S/C29H27FN4O2/c30-26-12-10-22(19-27-24-9-5-4-8-23(24)20-31-32-27)18-25(26)29(36)34-16-14-33(15-17-34)28(35)13-11-21-6-2-1-3-7-21/h1-13,18,31H,14-17,19-20H2/b13-11+. The van der Waals surface area contributed by atoms with Gasteiger partial charge in [-0.05, 0) is 34.9 Å². The second-order valence-electron chi connectivity index (χ2n) is 8.90. The van der Waals surface area contributed by atoms with E-state index in [1.165, 1.54) is 6.07 Å². The van der Waals surface area contributed by atoms with Crippen LogP contribution in [0.5, 0.6) is 0 Å². The molecular weight excluding hydrogens is 455 g/mol. The van der Waals surface area contributed by atoms with Crippen LogP contribution >= 0.6 is 0 Å². The molecule has 1 N–H and O–H groups in total. The molecular formula is C29H27FN4O2. The zero-order valence-corrected chi connectivity index (χ0v) is 19.9. The quantitative estimate of drug-likeness (QED) is 0.562. The second kappa shape index (κ2) is 10.6. The van der Waals surface area contributed by atoms with E-state index in [-0.39, 0.29) is 17.4 Å². The third-order valence-electron chi connectivity index (χ3n) is 6.54. The van der Waals surface area contributed by atoms with E-state index >= 15 is 0 Å². The van der Waals surface area contributed by atoms with Gasteiger partial charge in [0.1, 0.15) is 5.82 Å². The molecule has 0 spiro atoms. The minimum atomic E-state index is -0.544. The Balaban J connectivity index is 1.23. The fourth-order valence-electron chi connectivity index (χ4n) is 4.55. The Morgan fingerprint density at radius 1 is 0.917 bits per heavy atom. The van der Waals surface area contributed by atoms with Crippen LogP contribution in [0, 0.1) is 5.82 Å². The Bertz CT molecular complexity index is 1330. The van der Waals surface area contributed by atoms with Crippen LogP contribution < -0.4 is 5.43 Å². The molecule has 2 aliphatic rings. The van der Waals surface area contributed by atoms with Crippen molar-refractivity contribution in [2.24, 2.45) is 5.10 Å². The monoisotopic (exact) mass is 482 g/mol. The van der Waals surface area contributed by atoms with Gasteiger partial charge in [0, 0.05) is 44.2 Å². The summed E-state index contributed by atoms with van der Waals surface area (Å²) in [4.78, 5) is 29.1. The lowest BCUT2D eigenvalue weighted by molar-refractivity contribution is -0.127. The van der Waals surface area contributed by atoms with Crippen LogP contribution in [0.1, 0.15) is 32.6 Å². The third-order valence-corrected chi connectivity index (χ3v) is 6.54. The smallest absolute Gasteiger partial charge is 0.256 e. The van der Waals surface area contributed by atoms with E-state index in [0.717, 1.165) is 28.0 Å². The molecule has 5 rings (SSSR count). The van der Waals surface area contributed by atoms with Gasteiger partial charge >= 0.3 is 0 Å². The lowest BCUT2D eigenvalue weighted by Gasteiger charge is -2.34. The number of carbonyl (C=O) groups excluding carboxylic acids is 2. The van der Waals surface area contributed by atoms with Gasteiger partial charge in [0.25, 0.3) is 5.91 Å². The molecule has 36 heavy (non-hydrogen) atoms. The predicted octanol–water partition coefficient (Wildman–Crippen LogP) is 3.87. The number of rotatable bonds is 5. The van der Waals surface area contributed by atoms with Gasteiger partial charge in [-0.3, -0.25) is 9.59 Å². The average molecular weight is 483 g/mol. The number of piperazine rings is 1. The van der Waals surface area contributed by atoms with Crippen molar-refractivity contribution >= 4 is 23.6 Å². The van der Waals surface area contributed by atoms with Gasteiger partial charge in [0.05, 0.1) is 17.8 Å². The maximum absolute atomic E-state index is 14.7. The summed E-state index contributed by atoms with van der Waals surface area (Å²) < 4.78 is 14.7. The van der Waals surface area contributed by atoms with Gasteiger partial charge in [-0.1, -0.05) is 60.7 Å². The van der Waals surface area contributed by atoms with Crippen LogP contribution in [-0.4, -0.2) is 53.5 Å². The number of fused-ring (bicyclic) bond motifs is 1. The fraction of sp³-hybridized carbons (Fsp3) is 0.207. The number of nitrogens with zero attached hydrogens (tertiary/aromatic N) is 3. The van der Waals surface area contributed by atoms with Gasteiger partial charge in [-0.2, -0.15) is 5.10 Å². The molecule has 3 aromatic rings. The van der Waals surface area contributed by atoms with Gasteiger partial charge in [0.15, 0.2) is 0 Å². The van der Waals surface area contributed by atoms with Crippen LogP contribution in [0.3, 0.4) is 0 Å². The molecule has 2 aliphatic heterocycles. The maximum atomic E-state index is 14.7. The number of amides is 2. The molecule has 1 fully saturated rings. The number of hydrogen-bond acceptors (Lipinski definition) is 4. The normalized spacial score (nSPS) is 15.3. The van der Waals surface area contributed by atoms with E-state index in [9.17, 15) is 14.0 Å². The van der Waals surface area contributed by atoms with E-state index in [4.69, 9.17) is 0 Å². The Morgan fingerprint density at radius 3 is 2.44 bits per heavy atom. The summed E-state index contributed by atoms with van der Waals surface area (Å²) in [6, 6.07) is 22.3. The van der Waals surface area contributed by atoms with Crippen LogP contribution in [-0.2, 0) is 17.8 Å². The van der Waals surface area contributed by atoms with Crippen LogP contribution in [0.2, 0.25) is 0 Å². The van der Waals surface area contributed by atoms with E-state index < -0.39 is 5.82 Å². The van der Waals surface area contributed by atoms with Crippen LogP contribution in [0.25, 0.3) is 6.08 Å². The van der Waals surface area contributed by atoms with Gasteiger partial charge in [0.2, 0.25) is 5.91 Å². The van der Waals surface area contributed by atoms with Crippen molar-refractivity contribution in [3.05, 3.63) is 113 Å². The molecule has 2 heterocycles. The summed E-state index contributed by atoms with van der Waals surface area (Å²) in [6.45, 7) is 2.20. The predicted molar refractivity (Wildman–Crippen MR) is 138 cm³/mol. The lowest BCUT2D eigenvalue weighted by Crippen LogP contribution is -2.50. The van der Waals surface area contributed by atoms with Crippen molar-refractivity contribution in [2.45, 2.75) is 13.0 Å². The highest BCUT2D eigenvalue weighted by molar-refractivity contribution is 6.04. The molecule has 0 atom stereocenters. The summed E-state index contributed by atoms with van der Waals surface area (Å²) in [7, 11) is 0. The molecule has 2 amide bonds. The van der Waals surface area contributed by atoms with Crippen LogP contribution in [0.4, 0.5) is 4.39 Å². The minimum Gasteiger partial charge on any atom is -0.336 e. The van der Waals surface area contributed by atoms with Crippen molar-refractivity contribution in [1.82, 2.24) is 15.2 Å². The first kappa shape index (κ1) is 23.5. The van der Waals surface area contributed by atoms with Crippen molar-refractivity contribution in [3.8, 4) is 0 Å². The Kier molecular flexibility index (Phi) is 6.89. The SMILES string of the molecule is O=C(/C=C/c1ccccc1)N1CCN(C(=O)c2cc(CC3=NNCc4ccccc43)ccc2F)CC1. The molecule has 0 aromatic heterocycles. The highest BCUT2D eigenvalue weighted by Gasteiger charge is 2.26. The zero-order valence-electron chi connectivity index (χ0n) is 19.9. The van der Waals surface area contributed by atoms with Gasteiger partial charge in [-0.25, -0.2) is 4.39 Å². The number of benzene rings is 3. The Labute approximate surface area is 209 Å². The summed E-state index contributed by atoms with van der Waals surface area (Å²) in [5.41, 5.74) is 7.95. The molecule has 0 aliphatic carbocycles. The summed E-state index contributed by atoms with van der Waals surface area (Å²) in [6.07, 6.45) is 3.82. The van der Waals surface area contributed by atoms with E-state index in [1.807, 2.05) is 48.5 Å². The summed E-state index contributed by atoms with van der Waals surface area (Å²) >= 11 is 0. The first-order valence-electron chi connectivity index (χ1n) is 12.1. The zero-order chi connectivity index (χ0) is 24.9. The van der Waals surface area contributed by atoms with Crippen molar-refractivity contribution in [3.63, 3.8) is 0 Å². The lowest BCUT2D eigenvalue weighted by atomic mass is 9.96. The molecule has 7 heteroatoms. The minimum absolute atomic E-state index is 0.0499. The third kappa shape index (κ3) is 5.20. The Morgan fingerprint density at radius 2 is 1.64 bits per heavy atom. The largest absolute Gasteiger partial charge is 0.336 e. The number of hydrazone groups is 1. The summed E-state index contributed by atoms with van der Waals surface area (Å²) in [5.74, 6) is -0.996. The fourth-order valence-corrected chi connectivity index (χ4v) is 4.55. The van der Waals surface area contributed by atoms with Crippen molar-refractivity contribution in [2.75, 3.05) is 26.2 Å². The first-order valence-corrected chi connectivity index (χ1v) is 12.1. The molecule has 3 aromatic carbocycles. The number of carbonyl (C=O) groups is 2. The number of nitrogens with one attached hydrogen (secondary N) is 1.